The molecular weight excluding hydrogens is 246 g/mol. The van der Waals surface area contributed by atoms with E-state index in [1.54, 1.807) is 0 Å². The molecule has 0 aromatic carbocycles. The maximum Gasteiger partial charge on any atom is 0.128 e. The van der Waals surface area contributed by atoms with Gasteiger partial charge in [-0.1, -0.05) is 13.8 Å². The van der Waals surface area contributed by atoms with Crippen LogP contribution < -0.4 is 10.2 Å². The van der Waals surface area contributed by atoms with Crippen LogP contribution in [-0.4, -0.2) is 24.6 Å². The third-order valence-corrected chi connectivity index (χ3v) is 4.63. The molecule has 2 aliphatic carbocycles. The molecule has 3 rings (SSSR count). The molecule has 1 aromatic rings. The van der Waals surface area contributed by atoms with Crippen LogP contribution in [0.1, 0.15) is 44.4 Å². The first-order chi connectivity index (χ1) is 9.65. The van der Waals surface area contributed by atoms with E-state index in [0.29, 0.717) is 0 Å². The number of hydrogen-bond donors (Lipinski definition) is 1. The third-order valence-electron chi connectivity index (χ3n) is 4.63. The molecule has 2 fully saturated rings. The molecule has 0 radical (unpaired) electrons. The van der Waals surface area contributed by atoms with Crippen LogP contribution in [0.5, 0.6) is 0 Å². The quantitative estimate of drug-likeness (QED) is 0.828. The highest BCUT2D eigenvalue weighted by Crippen LogP contribution is 2.38. The van der Waals surface area contributed by atoms with Crippen LogP contribution >= 0.6 is 0 Å². The summed E-state index contributed by atoms with van der Waals surface area (Å²) in [6.07, 6.45) is 5.09. The van der Waals surface area contributed by atoms with Crippen molar-refractivity contribution < 1.29 is 0 Å². The molecule has 0 spiro atoms. The van der Waals surface area contributed by atoms with Crippen molar-refractivity contribution in [2.24, 2.45) is 11.8 Å². The van der Waals surface area contributed by atoms with Crippen LogP contribution in [0.15, 0.2) is 12.1 Å². The van der Waals surface area contributed by atoms with Gasteiger partial charge in [0, 0.05) is 31.9 Å². The lowest BCUT2D eigenvalue weighted by atomic mass is 10.2. The molecule has 0 aliphatic heterocycles. The third kappa shape index (κ3) is 3.51. The van der Waals surface area contributed by atoms with Gasteiger partial charge in [0.05, 0.1) is 0 Å². The Bertz CT molecular complexity index is 467. The van der Waals surface area contributed by atoms with Crippen LogP contribution in [0.2, 0.25) is 0 Å². The molecule has 1 aromatic heterocycles. The van der Waals surface area contributed by atoms with Crippen LogP contribution in [0.4, 0.5) is 5.82 Å². The van der Waals surface area contributed by atoms with Crippen molar-refractivity contribution >= 4 is 5.82 Å². The lowest BCUT2D eigenvalue weighted by Crippen LogP contribution is -2.23. The van der Waals surface area contributed by atoms with E-state index in [4.69, 9.17) is 4.98 Å². The molecule has 0 amide bonds. The van der Waals surface area contributed by atoms with Gasteiger partial charge < -0.3 is 10.2 Å². The standard InChI is InChI=1S/C17H27N3/c1-4-15-8-13(10-18-16-5-6-16)9-17(19-15)20(3)11-14-7-12(14)2/h8-9,12,14,16,18H,4-7,10-11H2,1-3H3. The van der Waals surface area contributed by atoms with E-state index in [2.05, 4.69) is 43.2 Å². The zero-order valence-corrected chi connectivity index (χ0v) is 13.0. The van der Waals surface area contributed by atoms with Crippen molar-refractivity contribution in [2.75, 3.05) is 18.5 Å². The molecule has 0 bridgehead atoms. The Morgan fingerprint density at radius 1 is 1.35 bits per heavy atom. The van der Waals surface area contributed by atoms with Gasteiger partial charge in [0.15, 0.2) is 0 Å². The zero-order valence-electron chi connectivity index (χ0n) is 13.0. The number of pyridine rings is 1. The SMILES string of the molecule is CCc1cc(CNC2CC2)cc(N(C)CC2CC2C)n1. The number of nitrogens with zero attached hydrogens (tertiary/aromatic N) is 2. The number of aryl methyl sites for hydroxylation is 1. The average Bonchev–Trinajstić information content (AvgIpc) is 3.36. The van der Waals surface area contributed by atoms with Gasteiger partial charge in [0.1, 0.15) is 5.82 Å². The summed E-state index contributed by atoms with van der Waals surface area (Å²) in [5, 5.41) is 3.60. The van der Waals surface area contributed by atoms with E-state index in [1.807, 2.05) is 0 Å². The Morgan fingerprint density at radius 3 is 2.70 bits per heavy atom. The van der Waals surface area contributed by atoms with Crippen molar-refractivity contribution in [3.05, 3.63) is 23.4 Å². The maximum atomic E-state index is 4.80. The van der Waals surface area contributed by atoms with Gasteiger partial charge in [-0.15, -0.1) is 0 Å². The maximum absolute atomic E-state index is 4.80. The summed E-state index contributed by atoms with van der Waals surface area (Å²) in [5.74, 6) is 2.93. The summed E-state index contributed by atoms with van der Waals surface area (Å²) >= 11 is 0. The van der Waals surface area contributed by atoms with Crippen LogP contribution in [-0.2, 0) is 13.0 Å². The van der Waals surface area contributed by atoms with Gasteiger partial charge >= 0.3 is 0 Å². The highest BCUT2D eigenvalue weighted by molar-refractivity contribution is 5.42. The molecule has 1 heterocycles. The minimum Gasteiger partial charge on any atom is -0.359 e. The van der Waals surface area contributed by atoms with Crippen molar-refractivity contribution in [3.8, 4) is 0 Å². The summed E-state index contributed by atoms with van der Waals surface area (Å²) in [4.78, 5) is 7.14. The summed E-state index contributed by atoms with van der Waals surface area (Å²) in [6.45, 7) is 6.67. The van der Waals surface area contributed by atoms with Gasteiger partial charge in [-0.25, -0.2) is 4.98 Å². The van der Waals surface area contributed by atoms with Crippen LogP contribution in [0.25, 0.3) is 0 Å². The average molecular weight is 273 g/mol. The van der Waals surface area contributed by atoms with Crippen molar-refractivity contribution in [1.29, 1.82) is 0 Å². The van der Waals surface area contributed by atoms with Crippen molar-refractivity contribution in [3.63, 3.8) is 0 Å². The number of nitrogens with one attached hydrogen (secondary N) is 1. The number of aromatic nitrogens is 1. The first-order valence-electron chi connectivity index (χ1n) is 8.10. The molecule has 3 nitrogen and oxygen atoms in total. The van der Waals surface area contributed by atoms with Crippen LogP contribution in [0.3, 0.4) is 0 Å². The van der Waals surface area contributed by atoms with Gasteiger partial charge in [0.25, 0.3) is 0 Å². The fourth-order valence-electron chi connectivity index (χ4n) is 2.76. The Labute approximate surface area is 122 Å². The van der Waals surface area contributed by atoms with E-state index in [9.17, 15) is 0 Å². The molecule has 20 heavy (non-hydrogen) atoms. The molecular formula is C17H27N3. The molecule has 2 atom stereocenters. The fourth-order valence-corrected chi connectivity index (χ4v) is 2.76. The number of rotatable bonds is 7. The monoisotopic (exact) mass is 273 g/mol. The normalized spacial score (nSPS) is 24.8. The van der Waals surface area contributed by atoms with E-state index in [-0.39, 0.29) is 0 Å². The molecule has 1 N–H and O–H groups in total. The summed E-state index contributed by atoms with van der Waals surface area (Å²) < 4.78 is 0. The first-order valence-corrected chi connectivity index (χ1v) is 8.10. The van der Waals surface area contributed by atoms with E-state index in [0.717, 1.165) is 43.2 Å². The largest absolute Gasteiger partial charge is 0.359 e. The van der Waals surface area contributed by atoms with Crippen LogP contribution in [0, 0.1) is 11.8 Å². The summed E-state index contributed by atoms with van der Waals surface area (Å²) in [5.41, 5.74) is 2.60. The lowest BCUT2D eigenvalue weighted by Gasteiger charge is -2.20. The molecule has 0 saturated heterocycles. The zero-order chi connectivity index (χ0) is 14.1. The predicted octanol–water partition coefficient (Wildman–Crippen LogP) is 2.99. The van der Waals surface area contributed by atoms with Crippen molar-refractivity contribution in [2.45, 2.75) is 52.1 Å². The van der Waals surface area contributed by atoms with E-state index < -0.39 is 0 Å². The fraction of sp³-hybridized carbons (Fsp3) is 0.706. The second-order valence-electron chi connectivity index (χ2n) is 6.69. The first kappa shape index (κ1) is 13.9. The molecule has 2 aliphatic rings. The molecule has 2 saturated carbocycles. The Morgan fingerprint density at radius 2 is 2.10 bits per heavy atom. The molecule has 110 valence electrons. The minimum atomic E-state index is 0.765. The van der Waals surface area contributed by atoms with Crippen molar-refractivity contribution in [1.82, 2.24) is 10.3 Å². The Balaban J connectivity index is 1.68. The second kappa shape index (κ2) is 5.72. The molecule has 3 heteroatoms. The minimum absolute atomic E-state index is 0.765. The summed E-state index contributed by atoms with van der Waals surface area (Å²) in [7, 11) is 2.19. The lowest BCUT2D eigenvalue weighted by molar-refractivity contribution is 0.683. The van der Waals surface area contributed by atoms with E-state index >= 15 is 0 Å². The van der Waals surface area contributed by atoms with Gasteiger partial charge in [-0.2, -0.15) is 0 Å². The molecule has 2 unspecified atom stereocenters. The Hall–Kier alpha value is -1.09. The highest BCUT2D eigenvalue weighted by atomic mass is 15.2. The second-order valence-corrected chi connectivity index (χ2v) is 6.69. The highest BCUT2D eigenvalue weighted by Gasteiger charge is 2.33. The predicted molar refractivity (Wildman–Crippen MR) is 84.0 cm³/mol. The number of hydrogen-bond acceptors (Lipinski definition) is 3. The summed E-state index contributed by atoms with van der Waals surface area (Å²) in [6, 6.07) is 5.29. The van der Waals surface area contributed by atoms with E-state index in [1.165, 1.54) is 30.5 Å². The Kier molecular flexibility index (Phi) is 3.97. The number of anilines is 1. The van der Waals surface area contributed by atoms with Gasteiger partial charge in [0.2, 0.25) is 0 Å². The smallest absolute Gasteiger partial charge is 0.128 e. The topological polar surface area (TPSA) is 28.2 Å². The van der Waals surface area contributed by atoms with Gasteiger partial charge in [-0.05, 0) is 55.2 Å². The van der Waals surface area contributed by atoms with Gasteiger partial charge in [-0.3, -0.25) is 0 Å².